The molecule has 172 valence electrons. The van der Waals surface area contributed by atoms with Gasteiger partial charge in [0.2, 0.25) is 5.91 Å². The zero-order valence-corrected chi connectivity index (χ0v) is 18.7. The van der Waals surface area contributed by atoms with Gasteiger partial charge in [-0.25, -0.2) is 4.79 Å². The number of nitrogens with zero attached hydrogens (tertiary/aromatic N) is 4. The van der Waals surface area contributed by atoms with E-state index in [0.29, 0.717) is 18.8 Å². The van der Waals surface area contributed by atoms with Gasteiger partial charge in [0.1, 0.15) is 5.82 Å². The highest BCUT2D eigenvalue weighted by atomic mass is 16.5. The molecule has 32 heavy (non-hydrogen) atoms. The number of ether oxygens (including phenoxy) is 2. The van der Waals surface area contributed by atoms with Crippen LogP contribution in [0, 0.1) is 5.92 Å². The van der Waals surface area contributed by atoms with Crippen LogP contribution >= 0.6 is 0 Å². The molecule has 0 spiro atoms. The molecule has 1 atom stereocenters. The highest BCUT2D eigenvalue weighted by Crippen LogP contribution is 2.20. The van der Waals surface area contributed by atoms with E-state index in [2.05, 4.69) is 25.0 Å². The van der Waals surface area contributed by atoms with Crippen LogP contribution in [0.3, 0.4) is 0 Å². The highest BCUT2D eigenvalue weighted by molar-refractivity contribution is 5.89. The van der Waals surface area contributed by atoms with E-state index in [1.54, 1.807) is 12.1 Å². The Morgan fingerprint density at radius 1 is 1.16 bits per heavy atom. The van der Waals surface area contributed by atoms with Crippen molar-refractivity contribution in [2.24, 2.45) is 5.92 Å². The van der Waals surface area contributed by atoms with Gasteiger partial charge in [-0.05, 0) is 37.5 Å². The standard InChI is InChI=1S/C23H31N5O4/c1-16(24-22(29)18-8-13-32-14-9-18)21-26-25-20-7-10-27(11-12-28(20)21)15-17-3-5-19(6-4-17)23(30)31-2/h3-6,16,18H,7-15H2,1-2H3,(H,24,29)/t16-/m0/s1. The number of carbonyl (C=O) groups is 2. The fourth-order valence-electron chi connectivity index (χ4n) is 4.35. The number of carbonyl (C=O) groups excluding carboxylic acids is 2. The molecule has 9 nitrogen and oxygen atoms in total. The molecule has 3 heterocycles. The molecule has 1 aromatic heterocycles. The van der Waals surface area contributed by atoms with Crippen LogP contribution in [-0.4, -0.2) is 65.0 Å². The molecule has 0 unspecified atom stereocenters. The third-order valence-corrected chi connectivity index (χ3v) is 6.27. The number of fused-ring (bicyclic) bond motifs is 1. The second kappa shape index (κ2) is 10.2. The molecule has 0 radical (unpaired) electrons. The summed E-state index contributed by atoms with van der Waals surface area (Å²) in [6.07, 6.45) is 2.34. The number of esters is 1. The van der Waals surface area contributed by atoms with Gasteiger partial charge in [0.05, 0.1) is 18.7 Å². The van der Waals surface area contributed by atoms with Crippen LogP contribution in [0.15, 0.2) is 24.3 Å². The van der Waals surface area contributed by atoms with Crippen LogP contribution in [0.2, 0.25) is 0 Å². The molecule has 1 fully saturated rings. The number of hydrogen-bond acceptors (Lipinski definition) is 7. The lowest BCUT2D eigenvalue weighted by atomic mass is 9.99. The van der Waals surface area contributed by atoms with Gasteiger partial charge in [-0.3, -0.25) is 9.69 Å². The molecular formula is C23H31N5O4. The van der Waals surface area contributed by atoms with Crippen molar-refractivity contribution in [3.05, 3.63) is 47.0 Å². The van der Waals surface area contributed by atoms with Gasteiger partial charge in [0.25, 0.3) is 0 Å². The molecule has 2 aliphatic rings. The summed E-state index contributed by atoms with van der Waals surface area (Å²) in [5.41, 5.74) is 1.70. The Labute approximate surface area is 188 Å². The van der Waals surface area contributed by atoms with Gasteiger partial charge in [0, 0.05) is 51.7 Å². The Morgan fingerprint density at radius 3 is 2.62 bits per heavy atom. The molecule has 1 N–H and O–H groups in total. The van der Waals surface area contributed by atoms with Crippen molar-refractivity contribution in [2.45, 2.75) is 45.3 Å². The second-order valence-corrected chi connectivity index (χ2v) is 8.46. The van der Waals surface area contributed by atoms with Gasteiger partial charge in [-0.2, -0.15) is 0 Å². The second-order valence-electron chi connectivity index (χ2n) is 8.46. The van der Waals surface area contributed by atoms with E-state index in [1.165, 1.54) is 7.11 Å². The molecule has 0 aliphatic carbocycles. The summed E-state index contributed by atoms with van der Waals surface area (Å²) in [7, 11) is 1.39. The molecule has 1 amide bonds. The minimum absolute atomic E-state index is 0.0128. The molecule has 2 aliphatic heterocycles. The quantitative estimate of drug-likeness (QED) is 0.682. The van der Waals surface area contributed by atoms with E-state index in [4.69, 9.17) is 9.47 Å². The fraction of sp³-hybridized carbons (Fsp3) is 0.565. The summed E-state index contributed by atoms with van der Waals surface area (Å²) in [4.78, 5) is 26.6. The Kier molecular flexibility index (Phi) is 7.16. The summed E-state index contributed by atoms with van der Waals surface area (Å²) >= 11 is 0. The molecule has 0 saturated carbocycles. The van der Waals surface area contributed by atoms with E-state index in [1.807, 2.05) is 19.1 Å². The van der Waals surface area contributed by atoms with Crippen LogP contribution in [0.5, 0.6) is 0 Å². The van der Waals surface area contributed by atoms with E-state index < -0.39 is 0 Å². The first-order chi connectivity index (χ1) is 15.5. The Balaban J connectivity index is 1.35. The zero-order chi connectivity index (χ0) is 22.5. The predicted octanol–water partition coefficient (Wildman–Crippen LogP) is 1.73. The maximum atomic E-state index is 12.6. The van der Waals surface area contributed by atoms with Gasteiger partial charge < -0.3 is 19.4 Å². The normalized spacial score (nSPS) is 18.4. The number of hydrogen-bond donors (Lipinski definition) is 1. The topological polar surface area (TPSA) is 98.6 Å². The first kappa shape index (κ1) is 22.4. The monoisotopic (exact) mass is 441 g/mol. The maximum Gasteiger partial charge on any atom is 0.337 e. The minimum Gasteiger partial charge on any atom is -0.465 e. The summed E-state index contributed by atoms with van der Waals surface area (Å²) in [6.45, 7) is 6.57. The third-order valence-electron chi connectivity index (χ3n) is 6.27. The minimum atomic E-state index is -0.324. The maximum absolute atomic E-state index is 12.6. The predicted molar refractivity (Wildman–Crippen MR) is 117 cm³/mol. The Hall–Kier alpha value is -2.78. The van der Waals surface area contributed by atoms with Crippen LogP contribution in [0.4, 0.5) is 0 Å². The van der Waals surface area contributed by atoms with E-state index in [9.17, 15) is 9.59 Å². The van der Waals surface area contributed by atoms with E-state index in [-0.39, 0.29) is 23.8 Å². The summed E-state index contributed by atoms with van der Waals surface area (Å²) in [6, 6.07) is 7.35. The van der Waals surface area contributed by atoms with Crippen LogP contribution in [0.25, 0.3) is 0 Å². The number of nitrogens with one attached hydrogen (secondary N) is 1. The molecule has 1 aromatic carbocycles. The van der Waals surface area contributed by atoms with Crippen LogP contribution in [0.1, 0.15) is 53.4 Å². The van der Waals surface area contributed by atoms with Crippen LogP contribution < -0.4 is 5.32 Å². The SMILES string of the molecule is COC(=O)c1ccc(CN2CCc3nnc([C@H](C)NC(=O)C4CCOCC4)n3CC2)cc1. The average molecular weight is 442 g/mol. The lowest BCUT2D eigenvalue weighted by molar-refractivity contribution is -0.128. The average Bonchev–Trinajstić information content (AvgIpc) is 3.14. The Bertz CT molecular complexity index is 936. The summed E-state index contributed by atoms with van der Waals surface area (Å²) < 4.78 is 12.3. The highest BCUT2D eigenvalue weighted by Gasteiger charge is 2.26. The molecule has 0 bridgehead atoms. The van der Waals surface area contributed by atoms with Gasteiger partial charge in [-0.1, -0.05) is 12.1 Å². The van der Waals surface area contributed by atoms with Crippen LogP contribution in [-0.2, 0) is 33.8 Å². The largest absolute Gasteiger partial charge is 0.465 e. The number of aromatic nitrogens is 3. The number of rotatable bonds is 6. The Morgan fingerprint density at radius 2 is 1.91 bits per heavy atom. The van der Waals surface area contributed by atoms with E-state index >= 15 is 0 Å². The first-order valence-electron chi connectivity index (χ1n) is 11.2. The third kappa shape index (κ3) is 5.16. The smallest absolute Gasteiger partial charge is 0.337 e. The summed E-state index contributed by atoms with van der Waals surface area (Å²) in [5, 5.41) is 11.9. The molecular weight excluding hydrogens is 410 g/mol. The molecule has 4 rings (SSSR count). The fourth-order valence-corrected chi connectivity index (χ4v) is 4.35. The van der Waals surface area contributed by atoms with Gasteiger partial charge in [-0.15, -0.1) is 10.2 Å². The number of benzene rings is 1. The van der Waals surface area contributed by atoms with Gasteiger partial charge >= 0.3 is 5.97 Å². The van der Waals surface area contributed by atoms with Crippen molar-refractivity contribution < 1.29 is 19.1 Å². The van der Waals surface area contributed by atoms with Crippen molar-refractivity contribution in [2.75, 3.05) is 33.4 Å². The first-order valence-corrected chi connectivity index (χ1v) is 11.2. The van der Waals surface area contributed by atoms with Crippen molar-refractivity contribution in [3.8, 4) is 0 Å². The number of methoxy groups -OCH3 is 1. The zero-order valence-electron chi connectivity index (χ0n) is 18.7. The lowest BCUT2D eigenvalue weighted by Crippen LogP contribution is -2.36. The van der Waals surface area contributed by atoms with Crippen molar-refractivity contribution in [1.29, 1.82) is 0 Å². The van der Waals surface area contributed by atoms with Crippen molar-refractivity contribution in [1.82, 2.24) is 25.0 Å². The van der Waals surface area contributed by atoms with E-state index in [0.717, 1.165) is 62.7 Å². The lowest BCUT2D eigenvalue weighted by Gasteiger charge is -2.23. The number of amides is 1. The molecule has 2 aromatic rings. The molecule has 1 saturated heterocycles. The van der Waals surface area contributed by atoms with Gasteiger partial charge in [0.15, 0.2) is 5.82 Å². The van der Waals surface area contributed by atoms with Crippen molar-refractivity contribution >= 4 is 11.9 Å². The van der Waals surface area contributed by atoms with Crippen molar-refractivity contribution in [3.63, 3.8) is 0 Å². The summed E-state index contributed by atoms with van der Waals surface area (Å²) in [5.74, 6) is 1.53. The molecule has 9 heteroatoms.